The summed E-state index contributed by atoms with van der Waals surface area (Å²) >= 11 is 6.08. The van der Waals surface area contributed by atoms with Gasteiger partial charge in [-0.25, -0.2) is 9.59 Å². The van der Waals surface area contributed by atoms with Gasteiger partial charge in [-0.05, 0) is 105 Å². The second-order valence-electron chi connectivity index (χ2n) is 11.9. The molecule has 2 rings (SSSR count). The Balaban J connectivity index is 2.10. The zero-order valence-corrected chi connectivity index (χ0v) is 24.9. The fourth-order valence-corrected chi connectivity index (χ4v) is 4.31. The summed E-state index contributed by atoms with van der Waals surface area (Å²) in [7, 11) is 0. The lowest BCUT2D eigenvalue weighted by Crippen LogP contribution is -2.46. The van der Waals surface area contributed by atoms with E-state index < -0.39 is 23.4 Å². The molecule has 0 unspecified atom stereocenters. The number of hydrogen-bond donors (Lipinski definition) is 1. The normalized spacial score (nSPS) is 14.9. The number of likely N-dealkylation sites (tertiary alicyclic amines) is 1. The van der Waals surface area contributed by atoms with E-state index in [1.807, 2.05) is 29.2 Å². The number of carbonyl (C=O) groups is 2. The first-order valence-corrected chi connectivity index (χ1v) is 14.2. The summed E-state index contributed by atoms with van der Waals surface area (Å²) in [6.45, 7) is 15.4. The van der Waals surface area contributed by atoms with Gasteiger partial charge in [-0.15, -0.1) is 4.99 Å². The molecule has 0 bridgehead atoms. The van der Waals surface area contributed by atoms with E-state index in [0.717, 1.165) is 24.8 Å². The number of nitrogens with zero attached hydrogens (tertiary/aromatic N) is 3. The van der Waals surface area contributed by atoms with E-state index in [9.17, 15) is 9.59 Å². The summed E-state index contributed by atoms with van der Waals surface area (Å²) in [4.78, 5) is 33.9. The van der Waals surface area contributed by atoms with Crippen LogP contribution in [-0.4, -0.2) is 65.3 Å². The summed E-state index contributed by atoms with van der Waals surface area (Å²) in [5, 5.41) is 3.34. The van der Waals surface area contributed by atoms with Gasteiger partial charge < -0.3 is 19.3 Å². The maximum atomic E-state index is 12.7. The Labute approximate surface area is 234 Å². The average Bonchev–Trinajstić information content (AvgIpc) is 3.29. The van der Waals surface area contributed by atoms with Crippen LogP contribution in [0.25, 0.3) is 0 Å². The zero-order chi connectivity index (χ0) is 28.2. The second-order valence-corrected chi connectivity index (χ2v) is 12.3. The van der Waals surface area contributed by atoms with Crippen LogP contribution in [0.15, 0.2) is 29.3 Å². The molecule has 0 radical (unpaired) electrons. The summed E-state index contributed by atoms with van der Waals surface area (Å²) < 4.78 is 10.9. The van der Waals surface area contributed by atoms with Crippen LogP contribution in [0.5, 0.6) is 0 Å². The largest absolute Gasteiger partial charge is 0.444 e. The summed E-state index contributed by atoms with van der Waals surface area (Å²) in [5.41, 5.74) is -0.437. The lowest BCUT2D eigenvalue weighted by molar-refractivity contribution is 0.0554. The molecule has 8 nitrogen and oxygen atoms in total. The molecule has 1 aliphatic rings. The van der Waals surface area contributed by atoms with Crippen molar-refractivity contribution >= 4 is 29.7 Å². The Bertz CT molecular complexity index is 901. The van der Waals surface area contributed by atoms with Crippen molar-refractivity contribution in [3.05, 3.63) is 34.9 Å². The molecule has 1 aromatic rings. The second kappa shape index (κ2) is 15.3. The van der Waals surface area contributed by atoms with Crippen molar-refractivity contribution < 1.29 is 19.1 Å². The number of nitrogens with one attached hydrogen (secondary N) is 1. The molecule has 0 saturated carbocycles. The van der Waals surface area contributed by atoms with Crippen LogP contribution in [0.2, 0.25) is 5.02 Å². The third kappa shape index (κ3) is 14.0. The zero-order valence-electron chi connectivity index (χ0n) is 24.1. The van der Waals surface area contributed by atoms with Gasteiger partial charge in [-0.3, -0.25) is 5.32 Å². The van der Waals surface area contributed by atoms with Gasteiger partial charge in [0.15, 0.2) is 0 Å². The van der Waals surface area contributed by atoms with Crippen LogP contribution < -0.4 is 5.32 Å². The molecule has 38 heavy (non-hydrogen) atoms. The maximum absolute atomic E-state index is 12.7. The van der Waals surface area contributed by atoms with Gasteiger partial charge in [0.1, 0.15) is 11.2 Å². The van der Waals surface area contributed by atoms with Crippen LogP contribution in [0.1, 0.15) is 92.1 Å². The Hall–Kier alpha value is -2.32. The molecule has 214 valence electrons. The van der Waals surface area contributed by atoms with Gasteiger partial charge in [-0.2, -0.15) is 0 Å². The first kappa shape index (κ1) is 31.9. The Morgan fingerprint density at radius 1 is 0.921 bits per heavy atom. The third-order valence-corrected chi connectivity index (χ3v) is 6.14. The quantitative estimate of drug-likeness (QED) is 0.192. The van der Waals surface area contributed by atoms with Gasteiger partial charge in [0, 0.05) is 18.1 Å². The Kier molecular flexibility index (Phi) is 12.9. The fourth-order valence-electron chi connectivity index (χ4n) is 4.19. The molecule has 1 N–H and O–H groups in total. The minimum atomic E-state index is -0.772. The molecule has 0 atom stereocenters. The number of ether oxygens (including phenoxy) is 2. The number of halogens is 1. The molecule has 1 heterocycles. The predicted molar refractivity (Wildman–Crippen MR) is 154 cm³/mol. The molecular formula is C29H47ClN4O4. The van der Waals surface area contributed by atoms with Gasteiger partial charge in [0.25, 0.3) is 0 Å². The molecule has 0 spiro atoms. The average molecular weight is 551 g/mol. The van der Waals surface area contributed by atoms with Crippen molar-refractivity contribution in [2.75, 3.05) is 26.2 Å². The highest BCUT2D eigenvalue weighted by Crippen LogP contribution is 2.15. The molecule has 1 aliphatic heterocycles. The smallest absolute Gasteiger partial charge is 0.437 e. The van der Waals surface area contributed by atoms with Crippen LogP contribution in [0, 0.1) is 0 Å². The standard InChI is InChI=1S/C29H47ClN4O4/c1-28(2,3)37-26(35)31-25(32-27(36)38-29(4,5)6)34(22-23-14-16-24(30)17-15-23)21-11-9-7-8-10-18-33-19-12-13-20-33/h14-17H,7-13,18-22H2,1-6H3,(H,31,32,35,36). The van der Waals surface area contributed by atoms with Crippen molar-refractivity contribution in [3.63, 3.8) is 0 Å². The van der Waals surface area contributed by atoms with Crippen molar-refractivity contribution in [1.29, 1.82) is 0 Å². The summed E-state index contributed by atoms with van der Waals surface area (Å²) in [6, 6.07) is 7.49. The number of hydrogen-bond acceptors (Lipinski definition) is 5. The van der Waals surface area contributed by atoms with E-state index in [1.165, 1.54) is 45.3 Å². The molecule has 9 heteroatoms. The molecule has 1 saturated heterocycles. The minimum Gasteiger partial charge on any atom is -0.444 e. The van der Waals surface area contributed by atoms with Crippen LogP contribution in [0.4, 0.5) is 9.59 Å². The summed E-state index contributed by atoms with van der Waals surface area (Å²) in [6.07, 6.45) is 6.70. The highest BCUT2D eigenvalue weighted by atomic mass is 35.5. The SMILES string of the molecule is CC(C)(C)OC(=O)/N=C(/NC(=O)OC(C)(C)C)N(CCCCCCCN1CCCC1)Cc1ccc(Cl)cc1. The topological polar surface area (TPSA) is 83.5 Å². The van der Waals surface area contributed by atoms with Crippen LogP contribution in [0.3, 0.4) is 0 Å². The number of benzene rings is 1. The maximum Gasteiger partial charge on any atom is 0.437 e. The summed E-state index contributed by atoms with van der Waals surface area (Å²) in [5.74, 6) is 0.109. The predicted octanol–water partition coefficient (Wildman–Crippen LogP) is 7.00. The van der Waals surface area contributed by atoms with Gasteiger partial charge in [0.05, 0.1) is 0 Å². The molecule has 1 aromatic carbocycles. The number of alkyl carbamates (subject to hydrolysis) is 1. The minimum absolute atomic E-state index is 0.109. The van der Waals surface area contributed by atoms with E-state index in [1.54, 1.807) is 41.5 Å². The van der Waals surface area contributed by atoms with Gasteiger partial charge in [-0.1, -0.05) is 43.0 Å². The van der Waals surface area contributed by atoms with Gasteiger partial charge >= 0.3 is 12.2 Å². The highest BCUT2D eigenvalue weighted by Gasteiger charge is 2.23. The number of guanidine groups is 1. The number of carbonyl (C=O) groups excluding carboxylic acids is 2. The number of aliphatic imine (C=N–C) groups is 1. The van der Waals surface area contributed by atoms with E-state index in [-0.39, 0.29) is 5.96 Å². The van der Waals surface area contributed by atoms with E-state index in [0.29, 0.717) is 18.1 Å². The van der Waals surface area contributed by atoms with Crippen LogP contribution in [-0.2, 0) is 16.0 Å². The first-order chi connectivity index (χ1) is 17.8. The van der Waals surface area contributed by atoms with Crippen molar-refractivity contribution in [2.45, 2.75) is 104 Å². The molecule has 0 aromatic heterocycles. The van der Waals surface area contributed by atoms with E-state index in [2.05, 4.69) is 15.2 Å². The first-order valence-electron chi connectivity index (χ1n) is 13.8. The third-order valence-electron chi connectivity index (χ3n) is 5.89. The van der Waals surface area contributed by atoms with E-state index in [4.69, 9.17) is 21.1 Å². The number of amides is 2. The molecule has 2 amide bonds. The fraction of sp³-hybridized carbons (Fsp3) is 0.690. The Morgan fingerprint density at radius 3 is 2.11 bits per heavy atom. The number of rotatable bonds is 10. The highest BCUT2D eigenvalue weighted by molar-refractivity contribution is 6.30. The lowest BCUT2D eigenvalue weighted by Gasteiger charge is -2.28. The Morgan fingerprint density at radius 2 is 1.50 bits per heavy atom. The van der Waals surface area contributed by atoms with Crippen LogP contribution >= 0.6 is 11.6 Å². The van der Waals surface area contributed by atoms with E-state index >= 15 is 0 Å². The van der Waals surface area contributed by atoms with Crippen molar-refractivity contribution in [2.24, 2.45) is 4.99 Å². The monoisotopic (exact) mass is 550 g/mol. The number of unbranched alkanes of at least 4 members (excludes halogenated alkanes) is 4. The molecular weight excluding hydrogens is 504 g/mol. The molecule has 0 aliphatic carbocycles. The van der Waals surface area contributed by atoms with Crippen molar-refractivity contribution in [3.8, 4) is 0 Å². The molecule has 1 fully saturated rings. The van der Waals surface area contributed by atoms with Gasteiger partial charge in [0.2, 0.25) is 5.96 Å². The van der Waals surface area contributed by atoms with Crippen molar-refractivity contribution in [1.82, 2.24) is 15.1 Å². The lowest BCUT2D eigenvalue weighted by atomic mass is 10.1.